The van der Waals surface area contributed by atoms with Crippen LogP contribution in [0, 0.1) is 5.92 Å². The smallest absolute Gasteiger partial charge is 0.251 e. The lowest BCUT2D eigenvalue weighted by atomic mass is 9.88. The van der Waals surface area contributed by atoms with Gasteiger partial charge in [0.2, 0.25) is 5.91 Å². The quantitative estimate of drug-likeness (QED) is 0.384. The summed E-state index contributed by atoms with van der Waals surface area (Å²) in [5.74, 6) is 1.38. The van der Waals surface area contributed by atoms with Crippen molar-refractivity contribution in [1.82, 2.24) is 25.0 Å². The highest BCUT2D eigenvalue weighted by molar-refractivity contribution is 7.99. The van der Waals surface area contributed by atoms with Crippen LogP contribution in [0.2, 0.25) is 0 Å². The van der Waals surface area contributed by atoms with E-state index in [1.165, 1.54) is 50.3 Å². The maximum absolute atomic E-state index is 13.7. The highest BCUT2D eigenvalue weighted by atomic mass is 32.2. The van der Waals surface area contributed by atoms with Crippen molar-refractivity contribution in [2.24, 2.45) is 5.92 Å². The van der Waals surface area contributed by atoms with E-state index in [4.69, 9.17) is 0 Å². The minimum atomic E-state index is -0.272. The summed E-state index contributed by atoms with van der Waals surface area (Å²) < 4.78 is 2.06. The second kappa shape index (κ2) is 13.4. The third-order valence-electron chi connectivity index (χ3n) is 7.88. The van der Waals surface area contributed by atoms with E-state index in [2.05, 4.69) is 45.8 Å². The van der Waals surface area contributed by atoms with Crippen LogP contribution >= 0.6 is 11.8 Å². The van der Waals surface area contributed by atoms with E-state index in [1.807, 2.05) is 30.3 Å². The largest absolute Gasteiger partial charge is 0.342 e. The molecule has 2 aromatic rings. The number of benzene rings is 1. The van der Waals surface area contributed by atoms with Crippen LogP contribution in [-0.2, 0) is 11.3 Å². The maximum Gasteiger partial charge on any atom is 0.251 e. The molecule has 1 aromatic heterocycles. The Morgan fingerprint density at radius 2 is 1.57 bits per heavy atom. The monoisotopic (exact) mass is 525 g/mol. The highest BCUT2D eigenvalue weighted by Gasteiger charge is 2.33. The molecule has 0 aliphatic heterocycles. The van der Waals surface area contributed by atoms with Crippen LogP contribution in [0.25, 0.3) is 0 Å². The Bertz CT molecular complexity index is 995. The number of hydrogen-bond acceptors (Lipinski definition) is 5. The van der Waals surface area contributed by atoms with E-state index in [1.54, 1.807) is 0 Å². The minimum absolute atomic E-state index is 0.120. The van der Waals surface area contributed by atoms with Crippen LogP contribution in [-0.4, -0.2) is 49.3 Å². The Morgan fingerprint density at radius 3 is 2.11 bits per heavy atom. The SMILES string of the molecule is CCn1c(SCC(=O)N(C2CCCCC2)C2CCCCC2)nnc1[C@@H](NC(=O)c1ccccc1)C(C)C. The predicted octanol–water partition coefficient (Wildman–Crippen LogP) is 6.01. The fourth-order valence-corrected chi connectivity index (χ4v) is 6.78. The molecule has 0 spiro atoms. The summed E-state index contributed by atoms with van der Waals surface area (Å²) >= 11 is 1.49. The first-order valence-electron chi connectivity index (χ1n) is 14.2. The summed E-state index contributed by atoms with van der Waals surface area (Å²) in [6.45, 7) is 6.89. The summed E-state index contributed by atoms with van der Waals surface area (Å²) in [6, 6.07) is 9.77. The fraction of sp³-hybridized carbons (Fsp3) is 0.655. The number of nitrogens with one attached hydrogen (secondary N) is 1. The fourth-order valence-electron chi connectivity index (χ4n) is 5.90. The van der Waals surface area contributed by atoms with E-state index in [9.17, 15) is 9.59 Å². The Morgan fingerprint density at radius 1 is 0.973 bits per heavy atom. The molecule has 1 heterocycles. The van der Waals surface area contributed by atoms with E-state index < -0.39 is 0 Å². The number of thioether (sulfide) groups is 1. The van der Waals surface area contributed by atoms with Gasteiger partial charge in [0.25, 0.3) is 5.91 Å². The summed E-state index contributed by atoms with van der Waals surface area (Å²) in [6.07, 6.45) is 12.0. The molecule has 1 atom stereocenters. The molecular weight excluding hydrogens is 482 g/mol. The lowest BCUT2D eigenvalue weighted by molar-refractivity contribution is -0.135. The zero-order chi connectivity index (χ0) is 26.2. The molecule has 37 heavy (non-hydrogen) atoms. The molecule has 202 valence electrons. The van der Waals surface area contributed by atoms with Crippen molar-refractivity contribution in [2.75, 3.05) is 5.75 Å². The Kier molecular flexibility index (Phi) is 10.1. The standard InChI is InChI=1S/C29H43N5O2S/c1-4-33-27(26(21(2)3)30-28(36)22-14-8-5-9-15-22)31-32-29(33)37-20-25(35)34(23-16-10-6-11-17-23)24-18-12-7-13-19-24/h5,8-9,14-15,21,23-24,26H,4,6-7,10-13,16-20H2,1-3H3,(H,30,36)/t26-/m0/s1. The van der Waals surface area contributed by atoms with Gasteiger partial charge in [-0.25, -0.2) is 0 Å². The van der Waals surface area contributed by atoms with Crippen molar-refractivity contribution < 1.29 is 9.59 Å². The molecule has 2 amide bonds. The van der Waals surface area contributed by atoms with Crippen molar-refractivity contribution in [3.05, 3.63) is 41.7 Å². The Labute approximate surface area is 226 Å². The molecule has 1 aromatic carbocycles. The van der Waals surface area contributed by atoms with Gasteiger partial charge in [-0.3, -0.25) is 9.59 Å². The lowest BCUT2D eigenvalue weighted by Crippen LogP contribution is -2.49. The van der Waals surface area contributed by atoms with Crippen molar-refractivity contribution in [3.8, 4) is 0 Å². The topological polar surface area (TPSA) is 80.1 Å². The molecule has 0 unspecified atom stereocenters. The molecule has 0 bridgehead atoms. The van der Waals surface area contributed by atoms with Crippen LogP contribution in [0.1, 0.15) is 107 Å². The van der Waals surface area contributed by atoms with E-state index in [-0.39, 0.29) is 23.8 Å². The van der Waals surface area contributed by atoms with Gasteiger partial charge < -0.3 is 14.8 Å². The van der Waals surface area contributed by atoms with E-state index in [0.29, 0.717) is 29.9 Å². The van der Waals surface area contributed by atoms with Crippen LogP contribution in [0.3, 0.4) is 0 Å². The first-order valence-corrected chi connectivity index (χ1v) is 15.2. The average molecular weight is 526 g/mol. The van der Waals surface area contributed by atoms with Gasteiger partial charge in [0.05, 0.1) is 11.8 Å². The predicted molar refractivity (Wildman–Crippen MR) is 148 cm³/mol. The number of amides is 2. The molecule has 4 rings (SSSR count). The van der Waals surface area contributed by atoms with Gasteiger partial charge in [0.15, 0.2) is 11.0 Å². The molecule has 2 fully saturated rings. The molecule has 2 aliphatic rings. The number of carbonyl (C=O) groups is 2. The number of rotatable bonds is 10. The average Bonchev–Trinajstić information content (AvgIpc) is 3.34. The van der Waals surface area contributed by atoms with Crippen LogP contribution in [0.5, 0.6) is 0 Å². The van der Waals surface area contributed by atoms with Gasteiger partial charge in [0.1, 0.15) is 0 Å². The number of nitrogens with zero attached hydrogens (tertiary/aromatic N) is 4. The molecule has 7 nitrogen and oxygen atoms in total. The van der Waals surface area contributed by atoms with Gasteiger partial charge in [0, 0.05) is 24.2 Å². The number of carbonyl (C=O) groups excluding carboxylic acids is 2. The van der Waals surface area contributed by atoms with Gasteiger partial charge >= 0.3 is 0 Å². The highest BCUT2D eigenvalue weighted by Crippen LogP contribution is 2.32. The molecule has 1 N–H and O–H groups in total. The van der Waals surface area contributed by atoms with E-state index in [0.717, 1.165) is 36.7 Å². The van der Waals surface area contributed by atoms with E-state index >= 15 is 0 Å². The third kappa shape index (κ3) is 6.95. The third-order valence-corrected chi connectivity index (χ3v) is 8.83. The van der Waals surface area contributed by atoms with Crippen molar-refractivity contribution in [3.63, 3.8) is 0 Å². The molecule has 2 aliphatic carbocycles. The summed E-state index contributed by atoms with van der Waals surface area (Å²) in [5, 5.41) is 12.9. The van der Waals surface area contributed by atoms with Crippen LogP contribution in [0.4, 0.5) is 0 Å². The zero-order valence-corrected chi connectivity index (χ0v) is 23.5. The van der Waals surface area contributed by atoms with Gasteiger partial charge in [-0.1, -0.05) is 82.3 Å². The van der Waals surface area contributed by atoms with Crippen molar-refractivity contribution in [2.45, 2.75) is 115 Å². The lowest BCUT2D eigenvalue weighted by Gasteiger charge is -2.41. The number of aromatic nitrogens is 3. The van der Waals surface area contributed by atoms with Gasteiger partial charge in [-0.05, 0) is 50.7 Å². The Hall–Kier alpha value is -2.35. The first-order chi connectivity index (χ1) is 18.0. The van der Waals surface area contributed by atoms with Crippen molar-refractivity contribution >= 4 is 23.6 Å². The molecule has 0 radical (unpaired) electrons. The van der Waals surface area contributed by atoms with Crippen LogP contribution < -0.4 is 5.32 Å². The summed E-state index contributed by atoms with van der Waals surface area (Å²) in [4.78, 5) is 28.8. The summed E-state index contributed by atoms with van der Waals surface area (Å²) in [7, 11) is 0. The minimum Gasteiger partial charge on any atom is -0.342 e. The normalized spacial score (nSPS) is 18.1. The number of hydrogen-bond donors (Lipinski definition) is 1. The van der Waals surface area contributed by atoms with Gasteiger partial charge in [-0.2, -0.15) is 0 Å². The summed E-state index contributed by atoms with van der Waals surface area (Å²) in [5.41, 5.74) is 0.626. The van der Waals surface area contributed by atoms with Crippen molar-refractivity contribution in [1.29, 1.82) is 0 Å². The second-order valence-electron chi connectivity index (χ2n) is 10.8. The Balaban J connectivity index is 1.47. The maximum atomic E-state index is 13.7. The second-order valence-corrected chi connectivity index (χ2v) is 11.8. The van der Waals surface area contributed by atoms with Gasteiger partial charge in [-0.15, -0.1) is 10.2 Å². The molecule has 0 saturated heterocycles. The molecule has 8 heteroatoms. The molecule has 2 saturated carbocycles. The first kappa shape index (κ1) is 27.7. The molecular formula is C29H43N5O2S. The van der Waals surface area contributed by atoms with Crippen LogP contribution in [0.15, 0.2) is 35.5 Å². The zero-order valence-electron chi connectivity index (χ0n) is 22.7.